The minimum absolute atomic E-state index is 0.0396. The van der Waals surface area contributed by atoms with Crippen LogP contribution in [0.25, 0.3) is 0 Å². The summed E-state index contributed by atoms with van der Waals surface area (Å²) >= 11 is 0. The predicted molar refractivity (Wildman–Crippen MR) is 139 cm³/mol. The molecular formula is C27H44O6Si. The lowest BCUT2D eigenvalue weighted by Crippen LogP contribution is -2.39. The van der Waals surface area contributed by atoms with E-state index in [1.807, 2.05) is 25.2 Å². The van der Waals surface area contributed by atoms with Gasteiger partial charge in [-0.1, -0.05) is 56.2 Å². The number of esters is 1. The van der Waals surface area contributed by atoms with Crippen molar-refractivity contribution in [2.75, 3.05) is 14.2 Å². The van der Waals surface area contributed by atoms with E-state index in [2.05, 4.69) is 46.5 Å². The van der Waals surface area contributed by atoms with Crippen LogP contribution in [0, 0.1) is 17.8 Å². The van der Waals surface area contributed by atoms with Crippen molar-refractivity contribution >= 4 is 20.6 Å². The number of rotatable bonds is 6. The number of aldehydes is 1. The van der Waals surface area contributed by atoms with E-state index in [9.17, 15) is 9.59 Å². The monoisotopic (exact) mass is 492 g/mol. The fourth-order valence-electron chi connectivity index (χ4n) is 4.19. The zero-order chi connectivity index (χ0) is 26.1. The lowest BCUT2D eigenvalue weighted by atomic mass is 9.87. The summed E-state index contributed by atoms with van der Waals surface area (Å²) in [4.78, 5) is 24.5. The second kappa shape index (κ2) is 13.8. The van der Waals surface area contributed by atoms with Crippen molar-refractivity contribution in [3.63, 3.8) is 0 Å². The molecule has 1 aliphatic rings. The van der Waals surface area contributed by atoms with E-state index in [4.69, 9.17) is 18.6 Å². The summed E-state index contributed by atoms with van der Waals surface area (Å²) < 4.78 is 23.3. The zero-order valence-electron chi connectivity index (χ0n) is 22.6. The second-order valence-electron chi connectivity index (χ2n) is 10.3. The molecule has 7 heteroatoms. The van der Waals surface area contributed by atoms with Gasteiger partial charge in [0.25, 0.3) is 0 Å². The van der Waals surface area contributed by atoms with Crippen molar-refractivity contribution < 1.29 is 28.2 Å². The quantitative estimate of drug-likeness (QED) is 0.272. The van der Waals surface area contributed by atoms with E-state index in [-0.39, 0.29) is 17.8 Å². The average Bonchev–Trinajstić information content (AvgIpc) is 2.75. The molecule has 0 aromatic carbocycles. The van der Waals surface area contributed by atoms with E-state index in [1.165, 1.54) is 19.8 Å². The molecule has 0 bridgehead atoms. The fraction of sp³-hybridized carbons (Fsp3) is 0.630. The maximum Gasteiger partial charge on any atom is 0.373 e. The Balaban J connectivity index is 3.54. The minimum Gasteiger partial charge on any atom is -0.490 e. The fourth-order valence-corrected chi connectivity index (χ4v) is 5.46. The summed E-state index contributed by atoms with van der Waals surface area (Å²) in [5.41, 5.74) is 2.08. The normalized spacial score (nSPS) is 34.4. The van der Waals surface area contributed by atoms with Gasteiger partial charge in [-0.05, 0) is 57.8 Å². The number of carbonyl (C=O) groups is 2. The van der Waals surface area contributed by atoms with Gasteiger partial charge in [-0.2, -0.15) is 0 Å². The molecule has 0 saturated carbocycles. The van der Waals surface area contributed by atoms with Gasteiger partial charge in [-0.25, -0.2) is 4.79 Å². The standard InChI is InChI=1S/C27H44O6Si/c1-18-12-11-13-23(30-6)26(22(5)17-28)32-27(29)24(31-7)16-19(2)15-21(4)25(20(3)14-18)33-34(8,9)10/h11-13,15-17,20-23,25-26H,14H2,1-10H3/b13-11+,18-12+,19-15+,24-16+/t20-,21+,22+,23-,25-,26+/m0/s1. The molecule has 1 heterocycles. The molecule has 0 N–H and O–H groups in total. The highest BCUT2D eigenvalue weighted by Crippen LogP contribution is 2.28. The number of ether oxygens (including phenoxy) is 3. The van der Waals surface area contributed by atoms with E-state index in [0.29, 0.717) is 5.92 Å². The SMILES string of the molecule is CO/C1=C/C(C)=C/[C@@H](C)[C@@H](O[Si](C)(C)C)[C@@H](C)C/C(C)=C/C=C/[C@H](OC)[C@@H]([C@H](C)C=O)OC1=O. The lowest BCUT2D eigenvalue weighted by molar-refractivity contribution is -0.157. The van der Waals surface area contributed by atoms with Crippen molar-refractivity contribution in [1.29, 1.82) is 0 Å². The molecule has 0 unspecified atom stereocenters. The summed E-state index contributed by atoms with van der Waals surface area (Å²) in [6.07, 6.45) is 9.85. The topological polar surface area (TPSA) is 71.1 Å². The van der Waals surface area contributed by atoms with Crippen molar-refractivity contribution in [1.82, 2.24) is 0 Å². The van der Waals surface area contributed by atoms with E-state index >= 15 is 0 Å². The van der Waals surface area contributed by atoms with Gasteiger partial charge in [0, 0.05) is 7.11 Å². The van der Waals surface area contributed by atoms with Crippen molar-refractivity contribution in [3.05, 3.63) is 47.3 Å². The number of cyclic esters (lactones) is 1. The van der Waals surface area contributed by atoms with E-state index in [1.54, 1.807) is 13.0 Å². The maximum atomic E-state index is 12.9. The third kappa shape index (κ3) is 9.72. The smallest absolute Gasteiger partial charge is 0.373 e. The molecule has 6 nitrogen and oxygen atoms in total. The van der Waals surface area contributed by atoms with Gasteiger partial charge in [-0.3, -0.25) is 0 Å². The highest BCUT2D eigenvalue weighted by Gasteiger charge is 2.31. The molecule has 34 heavy (non-hydrogen) atoms. The first-order valence-electron chi connectivity index (χ1n) is 12.0. The van der Waals surface area contributed by atoms with Gasteiger partial charge in [0.05, 0.1) is 19.1 Å². The number of methoxy groups -OCH3 is 2. The molecule has 0 spiro atoms. The molecule has 6 atom stereocenters. The molecule has 0 aromatic rings. The molecule has 0 fully saturated rings. The van der Waals surface area contributed by atoms with Gasteiger partial charge >= 0.3 is 5.97 Å². The van der Waals surface area contributed by atoms with Crippen molar-refractivity contribution in [2.24, 2.45) is 17.8 Å². The van der Waals surface area contributed by atoms with Crippen LogP contribution in [0.5, 0.6) is 0 Å². The Labute approximate surface area is 207 Å². The Bertz CT molecular complexity index is 804. The zero-order valence-corrected chi connectivity index (χ0v) is 23.6. The van der Waals surface area contributed by atoms with Crippen LogP contribution in [0.4, 0.5) is 0 Å². The van der Waals surface area contributed by atoms with Gasteiger partial charge in [0.1, 0.15) is 18.5 Å². The Kier molecular flexibility index (Phi) is 12.2. The number of allylic oxidation sites excluding steroid dienone is 5. The lowest BCUT2D eigenvalue weighted by Gasteiger charge is -2.34. The van der Waals surface area contributed by atoms with Crippen LogP contribution in [0.2, 0.25) is 19.6 Å². The summed E-state index contributed by atoms with van der Waals surface area (Å²) in [5, 5.41) is 0. The molecule has 0 amide bonds. The summed E-state index contributed by atoms with van der Waals surface area (Å²) in [6.45, 7) is 16.7. The largest absolute Gasteiger partial charge is 0.490 e. The molecule has 0 radical (unpaired) electrons. The number of hydrogen-bond acceptors (Lipinski definition) is 6. The van der Waals surface area contributed by atoms with Crippen LogP contribution in [-0.2, 0) is 28.2 Å². The van der Waals surface area contributed by atoms with Gasteiger partial charge < -0.3 is 23.4 Å². The first-order chi connectivity index (χ1) is 15.8. The minimum atomic E-state index is -1.78. The van der Waals surface area contributed by atoms with Crippen LogP contribution in [0.3, 0.4) is 0 Å². The van der Waals surface area contributed by atoms with Gasteiger partial charge in [0.15, 0.2) is 8.32 Å². The third-order valence-electron chi connectivity index (χ3n) is 5.77. The summed E-state index contributed by atoms with van der Waals surface area (Å²) in [7, 11) is 1.18. The molecule has 1 aliphatic heterocycles. The molecule has 0 aliphatic carbocycles. The molecule has 192 valence electrons. The van der Waals surface area contributed by atoms with E-state index < -0.39 is 32.4 Å². The van der Waals surface area contributed by atoms with Crippen molar-refractivity contribution in [3.8, 4) is 0 Å². The maximum absolute atomic E-state index is 12.9. The Morgan fingerprint density at radius 2 is 1.82 bits per heavy atom. The van der Waals surface area contributed by atoms with Crippen molar-refractivity contribution in [2.45, 2.75) is 79.0 Å². The van der Waals surface area contributed by atoms with Gasteiger partial charge in [-0.15, -0.1) is 0 Å². The van der Waals surface area contributed by atoms with Gasteiger partial charge in [0.2, 0.25) is 5.76 Å². The molecule has 0 saturated heterocycles. The first-order valence-corrected chi connectivity index (χ1v) is 15.4. The predicted octanol–water partition coefficient (Wildman–Crippen LogP) is 5.62. The molecule has 1 rings (SSSR count). The van der Waals surface area contributed by atoms with Crippen LogP contribution < -0.4 is 0 Å². The Morgan fingerprint density at radius 1 is 1.18 bits per heavy atom. The number of carbonyl (C=O) groups excluding carboxylic acids is 2. The van der Waals surface area contributed by atoms with Crippen LogP contribution >= 0.6 is 0 Å². The van der Waals surface area contributed by atoms with E-state index in [0.717, 1.165) is 18.3 Å². The highest BCUT2D eigenvalue weighted by molar-refractivity contribution is 6.69. The Morgan fingerprint density at radius 3 is 2.35 bits per heavy atom. The first kappa shape index (κ1) is 30.1. The summed E-state index contributed by atoms with van der Waals surface area (Å²) in [6, 6.07) is 0. The number of hydrogen-bond donors (Lipinski definition) is 0. The second-order valence-corrected chi connectivity index (χ2v) is 14.8. The third-order valence-corrected chi connectivity index (χ3v) is 6.75. The Hall–Kier alpha value is -1.96. The van der Waals surface area contributed by atoms with Crippen LogP contribution in [0.1, 0.15) is 41.0 Å². The highest BCUT2D eigenvalue weighted by atomic mass is 28.4. The molecular weight excluding hydrogens is 448 g/mol. The molecule has 0 aromatic heterocycles. The van der Waals surface area contributed by atoms with Crippen LogP contribution in [0.15, 0.2) is 47.3 Å². The van der Waals surface area contributed by atoms with Crippen LogP contribution in [-0.4, -0.2) is 53.1 Å². The average molecular weight is 493 g/mol. The summed E-state index contributed by atoms with van der Waals surface area (Å²) in [5.74, 6) is -0.707.